The van der Waals surface area contributed by atoms with Crippen molar-refractivity contribution in [3.63, 3.8) is 0 Å². The van der Waals surface area contributed by atoms with Crippen molar-refractivity contribution in [3.05, 3.63) is 41.6 Å². The van der Waals surface area contributed by atoms with Gasteiger partial charge in [-0.3, -0.25) is 4.79 Å². The first kappa shape index (κ1) is 16.1. The van der Waals surface area contributed by atoms with Crippen LogP contribution in [-0.4, -0.2) is 11.9 Å². The molecule has 22 heavy (non-hydrogen) atoms. The second kappa shape index (κ2) is 7.65. The van der Waals surface area contributed by atoms with Gasteiger partial charge in [0.25, 0.3) is 5.91 Å². The van der Waals surface area contributed by atoms with E-state index in [4.69, 9.17) is 0 Å². The van der Waals surface area contributed by atoms with E-state index in [1.807, 2.05) is 37.3 Å². The molecule has 0 saturated heterocycles. The summed E-state index contributed by atoms with van der Waals surface area (Å²) in [6, 6.07) is 9.86. The Balaban J connectivity index is 1.99. The van der Waals surface area contributed by atoms with Crippen LogP contribution in [0.3, 0.4) is 0 Å². The zero-order valence-corrected chi connectivity index (χ0v) is 13.2. The van der Waals surface area contributed by atoms with Crippen molar-refractivity contribution in [1.29, 1.82) is 5.26 Å². The number of nitrogens with zero attached hydrogens (tertiary/aromatic N) is 1. The van der Waals surface area contributed by atoms with Crippen LogP contribution in [0.25, 0.3) is 0 Å². The minimum atomic E-state index is -0.371. The van der Waals surface area contributed by atoms with E-state index < -0.39 is 0 Å². The molecule has 0 spiro atoms. The van der Waals surface area contributed by atoms with E-state index >= 15 is 0 Å². The molecule has 1 amide bonds. The number of carbonyl (C=O) groups excluding carboxylic acids is 1. The maximum Gasteiger partial charge on any atom is 0.267 e. The number of nitrogens with one attached hydrogen (secondary N) is 2. The molecule has 0 heterocycles. The topological polar surface area (TPSA) is 64.9 Å². The molecule has 1 aliphatic carbocycles. The molecule has 2 unspecified atom stereocenters. The third-order valence-corrected chi connectivity index (χ3v) is 4.19. The SMILES string of the molecule is Cc1cccc(NC(=O)/C(C#N)=C\NC2CCCCC2C)c1. The largest absolute Gasteiger partial charge is 0.387 e. The summed E-state index contributed by atoms with van der Waals surface area (Å²) in [5.41, 5.74) is 1.88. The van der Waals surface area contributed by atoms with Crippen molar-refractivity contribution >= 4 is 11.6 Å². The summed E-state index contributed by atoms with van der Waals surface area (Å²) in [5, 5.41) is 15.2. The summed E-state index contributed by atoms with van der Waals surface area (Å²) in [6.07, 6.45) is 6.33. The van der Waals surface area contributed by atoms with Gasteiger partial charge in [-0.05, 0) is 43.4 Å². The fraction of sp³-hybridized carbons (Fsp3) is 0.444. The van der Waals surface area contributed by atoms with Gasteiger partial charge >= 0.3 is 0 Å². The minimum absolute atomic E-state index is 0.110. The zero-order valence-electron chi connectivity index (χ0n) is 13.2. The molecule has 2 atom stereocenters. The van der Waals surface area contributed by atoms with E-state index in [2.05, 4.69) is 17.6 Å². The van der Waals surface area contributed by atoms with Crippen LogP contribution in [-0.2, 0) is 4.79 Å². The molecule has 1 aromatic carbocycles. The average molecular weight is 297 g/mol. The molecule has 116 valence electrons. The van der Waals surface area contributed by atoms with E-state index in [0.29, 0.717) is 17.6 Å². The summed E-state index contributed by atoms with van der Waals surface area (Å²) in [6.45, 7) is 4.17. The van der Waals surface area contributed by atoms with Crippen molar-refractivity contribution in [1.82, 2.24) is 5.32 Å². The van der Waals surface area contributed by atoms with Gasteiger partial charge in [-0.25, -0.2) is 0 Å². The van der Waals surface area contributed by atoms with Gasteiger partial charge < -0.3 is 10.6 Å². The Morgan fingerprint density at radius 2 is 2.14 bits per heavy atom. The lowest BCUT2D eigenvalue weighted by Crippen LogP contribution is -2.34. The number of carbonyl (C=O) groups is 1. The van der Waals surface area contributed by atoms with Crippen LogP contribution >= 0.6 is 0 Å². The molecule has 4 heteroatoms. The standard InChI is InChI=1S/C18H23N3O/c1-13-6-5-8-16(10-13)21-18(22)15(11-19)12-20-17-9-4-3-7-14(17)2/h5-6,8,10,12,14,17,20H,3-4,7,9H2,1-2H3,(H,21,22)/b15-12-. The Morgan fingerprint density at radius 1 is 1.36 bits per heavy atom. The molecular formula is C18H23N3O. The van der Waals surface area contributed by atoms with Crippen LogP contribution in [0.15, 0.2) is 36.0 Å². The lowest BCUT2D eigenvalue weighted by molar-refractivity contribution is -0.112. The van der Waals surface area contributed by atoms with Crippen molar-refractivity contribution in [2.75, 3.05) is 5.32 Å². The van der Waals surface area contributed by atoms with E-state index in [1.165, 1.54) is 19.3 Å². The number of benzene rings is 1. The number of nitriles is 1. The molecule has 0 aliphatic heterocycles. The van der Waals surface area contributed by atoms with Gasteiger partial charge in [-0.15, -0.1) is 0 Å². The van der Waals surface area contributed by atoms with Gasteiger partial charge in [0, 0.05) is 17.9 Å². The average Bonchev–Trinajstić information content (AvgIpc) is 2.49. The summed E-state index contributed by atoms with van der Waals surface area (Å²) >= 11 is 0. The van der Waals surface area contributed by atoms with Gasteiger partial charge in [0.05, 0.1) is 0 Å². The van der Waals surface area contributed by atoms with Gasteiger partial charge in [0.1, 0.15) is 11.6 Å². The first-order chi connectivity index (χ1) is 10.6. The van der Waals surface area contributed by atoms with E-state index in [-0.39, 0.29) is 11.5 Å². The Hall–Kier alpha value is -2.28. The number of aryl methyl sites for hydroxylation is 1. The molecule has 2 rings (SSSR count). The molecule has 1 fully saturated rings. The molecule has 0 bridgehead atoms. The lowest BCUT2D eigenvalue weighted by Gasteiger charge is -2.29. The second-order valence-electron chi connectivity index (χ2n) is 6.03. The fourth-order valence-electron chi connectivity index (χ4n) is 2.82. The van der Waals surface area contributed by atoms with Crippen LogP contribution < -0.4 is 10.6 Å². The number of rotatable bonds is 4. The summed E-state index contributed by atoms with van der Waals surface area (Å²) in [4.78, 5) is 12.2. The predicted molar refractivity (Wildman–Crippen MR) is 88.1 cm³/mol. The fourth-order valence-corrected chi connectivity index (χ4v) is 2.82. The Bertz CT molecular complexity index is 601. The van der Waals surface area contributed by atoms with Crippen molar-refractivity contribution in [2.45, 2.75) is 45.6 Å². The Morgan fingerprint density at radius 3 is 2.82 bits per heavy atom. The van der Waals surface area contributed by atoms with Crippen LogP contribution in [0, 0.1) is 24.2 Å². The van der Waals surface area contributed by atoms with E-state index in [1.54, 1.807) is 6.20 Å². The molecule has 1 aliphatic rings. The smallest absolute Gasteiger partial charge is 0.267 e. The molecule has 0 radical (unpaired) electrons. The quantitative estimate of drug-likeness (QED) is 0.660. The number of amides is 1. The number of hydrogen-bond donors (Lipinski definition) is 2. The molecule has 0 aromatic heterocycles. The monoisotopic (exact) mass is 297 g/mol. The second-order valence-corrected chi connectivity index (χ2v) is 6.03. The van der Waals surface area contributed by atoms with Gasteiger partial charge in [0.2, 0.25) is 0 Å². The number of hydrogen-bond acceptors (Lipinski definition) is 3. The zero-order chi connectivity index (χ0) is 15.9. The highest BCUT2D eigenvalue weighted by Crippen LogP contribution is 2.23. The van der Waals surface area contributed by atoms with Crippen LogP contribution in [0.5, 0.6) is 0 Å². The van der Waals surface area contributed by atoms with Gasteiger partial charge in [-0.2, -0.15) is 5.26 Å². The number of anilines is 1. The third kappa shape index (κ3) is 4.36. The van der Waals surface area contributed by atoms with Gasteiger partial charge in [0.15, 0.2) is 0 Å². The molecule has 2 N–H and O–H groups in total. The lowest BCUT2D eigenvalue weighted by atomic mass is 9.86. The predicted octanol–water partition coefficient (Wildman–Crippen LogP) is 3.51. The minimum Gasteiger partial charge on any atom is -0.387 e. The van der Waals surface area contributed by atoms with Crippen molar-refractivity contribution in [2.24, 2.45) is 5.92 Å². The third-order valence-electron chi connectivity index (χ3n) is 4.19. The molecule has 1 aromatic rings. The van der Waals surface area contributed by atoms with Crippen molar-refractivity contribution in [3.8, 4) is 6.07 Å². The molecule has 1 saturated carbocycles. The van der Waals surface area contributed by atoms with Crippen molar-refractivity contribution < 1.29 is 4.79 Å². The Labute approximate surface area is 132 Å². The maximum absolute atomic E-state index is 12.2. The summed E-state index contributed by atoms with van der Waals surface area (Å²) < 4.78 is 0. The van der Waals surface area contributed by atoms with Crippen LogP contribution in [0.1, 0.15) is 38.2 Å². The highest BCUT2D eigenvalue weighted by atomic mass is 16.1. The summed E-state index contributed by atoms with van der Waals surface area (Å²) in [5.74, 6) is 0.203. The molecule has 4 nitrogen and oxygen atoms in total. The highest BCUT2D eigenvalue weighted by Gasteiger charge is 2.20. The van der Waals surface area contributed by atoms with Crippen LogP contribution in [0.2, 0.25) is 0 Å². The first-order valence-electron chi connectivity index (χ1n) is 7.84. The first-order valence-corrected chi connectivity index (χ1v) is 7.84. The van der Waals surface area contributed by atoms with Gasteiger partial charge in [-0.1, -0.05) is 31.9 Å². The normalized spacial score (nSPS) is 21.8. The Kier molecular flexibility index (Phi) is 5.60. The molecular weight excluding hydrogens is 274 g/mol. The maximum atomic E-state index is 12.2. The summed E-state index contributed by atoms with van der Waals surface area (Å²) in [7, 11) is 0. The van der Waals surface area contributed by atoms with E-state index in [9.17, 15) is 10.1 Å². The van der Waals surface area contributed by atoms with Crippen LogP contribution in [0.4, 0.5) is 5.69 Å². The highest BCUT2D eigenvalue weighted by molar-refractivity contribution is 6.06. The van der Waals surface area contributed by atoms with E-state index in [0.717, 1.165) is 12.0 Å².